The number of amides is 1. The molecule has 0 saturated heterocycles. The van der Waals surface area contributed by atoms with E-state index in [0.717, 1.165) is 0 Å². The van der Waals surface area contributed by atoms with Crippen molar-refractivity contribution in [3.8, 4) is 0 Å². The van der Waals surface area contributed by atoms with Crippen LogP contribution in [0.25, 0.3) is 0 Å². The molecule has 0 unspecified atom stereocenters. The second kappa shape index (κ2) is 5.17. The van der Waals surface area contributed by atoms with Crippen LogP contribution in [0.2, 0.25) is 5.02 Å². The summed E-state index contributed by atoms with van der Waals surface area (Å²) in [5, 5.41) is 3.51. The van der Waals surface area contributed by atoms with Crippen molar-refractivity contribution in [2.75, 3.05) is 0 Å². The van der Waals surface area contributed by atoms with Crippen LogP contribution in [-0.2, 0) is 0 Å². The van der Waals surface area contributed by atoms with Crippen LogP contribution < -0.4 is 5.32 Å². The van der Waals surface area contributed by atoms with E-state index in [-0.39, 0.29) is 11.9 Å². The molecule has 1 aromatic carbocycles. The fourth-order valence-electron chi connectivity index (χ4n) is 1.09. The summed E-state index contributed by atoms with van der Waals surface area (Å²) in [6, 6.07) is 7.12. The van der Waals surface area contributed by atoms with Gasteiger partial charge in [-0.25, -0.2) is 0 Å². The average molecular weight is 226 g/mol. The summed E-state index contributed by atoms with van der Waals surface area (Å²) in [6.45, 7) is 6.14. The highest BCUT2D eigenvalue weighted by molar-refractivity contribution is 6.30. The fourth-order valence-corrected chi connectivity index (χ4v) is 1.28. The van der Waals surface area contributed by atoms with Gasteiger partial charge in [0.1, 0.15) is 0 Å². The van der Waals surface area contributed by atoms with E-state index >= 15 is 0 Å². The molecule has 0 aliphatic heterocycles. The van der Waals surface area contributed by atoms with Crippen LogP contribution in [0, 0.1) is 5.92 Å². The highest BCUT2D eigenvalue weighted by Crippen LogP contribution is 2.11. The summed E-state index contributed by atoms with van der Waals surface area (Å²) in [6.07, 6.45) is 0. The van der Waals surface area contributed by atoms with Crippen molar-refractivity contribution in [3.05, 3.63) is 34.9 Å². The Balaban J connectivity index is 2.69. The van der Waals surface area contributed by atoms with Crippen LogP contribution >= 0.6 is 11.6 Å². The molecule has 1 atom stereocenters. The molecule has 1 aromatic rings. The minimum atomic E-state index is -0.0706. The maximum absolute atomic E-state index is 11.7. The lowest BCUT2D eigenvalue weighted by Crippen LogP contribution is -2.36. The van der Waals surface area contributed by atoms with Crippen molar-refractivity contribution in [1.29, 1.82) is 0 Å². The Bertz CT molecular complexity index is 349. The number of nitrogens with one attached hydrogen (secondary N) is 1. The first-order chi connectivity index (χ1) is 7.00. The zero-order valence-corrected chi connectivity index (χ0v) is 10.0. The molecule has 0 aromatic heterocycles. The fraction of sp³-hybridized carbons (Fsp3) is 0.417. The molecule has 0 fully saturated rings. The highest BCUT2D eigenvalue weighted by atomic mass is 35.5. The summed E-state index contributed by atoms with van der Waals surface area (Å²) >= 11 is 5.81. The molecule has 3 heteroatoms. The van der Waals surface area contributed by atoms with E-state index in [0.29, 0.717) is 16.5 Å². The summed E-state index contributed by atoms with van der Waals surface area (Å²) in [5.74, 6) is 0.354. The van der Waals surface area contributed by atoms with Gasteiger partial charge in [-0.2, -0.15) is 0 Å². The number of carbonyl (C=O) groups excluding carboxylic acids is 1. The molecular formula is C12H16ClNO. The second-order valence-electron chi connectivity index (χ2n) is 4.02. The molecule has 0 heterocycles. The van der Waals surface area contributed by atoms with Gasteiger partial charge in [0, 0.05) is 16.6 Å². The van der Waals surface area contributed by atoms with Crippen molar-refractivity contribution < 1.29 is 4.79 Å². The molecular weight excluding hydrogens is 210 g/mol. The molecule has 1 rings (SSSR count). The van der Waals surface area contributed by atoms with Gasteiger partial charge >= 0.3 is 0 Å². The highest BCUT2D eigenvalue weighted by Gasteiger charge is 2.12. The van der Waals surface area contributed by atoms with Crippen molar-refractivity contribution in [2.24, 2.45) is 5.92 Å². The summed E-state index contributed by atoms with van der Waals surface area (Å²) in [5.41, 5.74) is 0.606. The molecule has 0 aliphatic carbocycles. The smallest absolute Gasteiger partial charge is 0.251 e. The maximum atomic E-state index is 11.7. The van der Waals surface area contributed by atoms with Gasteiger partial charge in [0.15, 0.2) is 0 Å². The van der Waals surface area contributed by atoms with Gasteiger partial charge in [-0.15, -0.1) is 0 Å². The Morgan fingerprint density at radius 1 is 1.33 bits per heavy atom. The standard InChI is InChI=1S/C12H16ClNO/c1-8(2)9(3)14-12(15)10-5-4-6-11(13)7-10/h4-9H,1-3H3,(H,14,15)/t9-/m1/s1. The first kappa shape index (κ1) is 12.1. The van der Waals surface area contributed by atoms with Crippen LogP contribution in [0.3, 0.4) is 0 Å². The van der Waals surface area contributed by atoms with Gasteiger partial charge in [0.25, 0.3) is 5.91 Å². The Morgan fingerprint density at radius 2 is 2.00 bits per heavy atom. The molecule has 2 nitrogen and oxygen atoms in total. The maximum Gasteiger partial charge on any atom is 0.251 e. The van der Waals surface area contributed by atoms with Crippen molar-refractivity contribution >= 4 is 17.5 Å². The predicted octanol–water partition coefficient (Wildman–Crippen LogP) is 3.11. The number of carbonyl (C=O) groups is 1. The molecule has 0 spiro atoms. The normalized spacial score (nSPS) is 12.6. The monoisotopic (exact) mass is 225 g/mol. The number of benzene rings is 1. The molecule has 0 bridgehead atoms. The number of hydrogen-bond acceptors (Lipinski definition) is 1. The van der Waals surface area contributed by atoms with Crippen LogP contribution in [0.15, 0.2) is 24.3 Å². The lowest BCUT2D eigenvalue weighted by Gasteiger charge is -2.17. The molecule has 1 amide bonds. The number of rotatable bonds is 3. The lowest BCUT2D eigenvalue weighted by atomic mass is 10.1. The summed E-state index contributed by atoms with van der Waals surface area (Å²) < 4.78 is 0. The zero-order chi connectivity index (χ0) is 11.4. The first-order valence-corrected chi connectivity index (χ1v) is 5.45. The lowest BCUT2D eigenvalue weighted by molar-refractivity contribution is 0.0930. The number of halogens is 1. The van der Waals surface area contributed by atoms with Gasteiger partial charge in [-0.3, -0.25) is 4.79 Å². The van der Waals surface area contributed by atoms with Gasteiger partial charge in [-0.05, 0) is 31.0 Å². The minimum Gasteiger partial charge on any atom is -0.349 e. The minimum absolute atomic E-state index is 0.0706. The van der Waals surface area contributed by atoms with E-state index in [4.69, 9.17) is 11.6 Å². The number of hydrogen-bond donors (Lipinski definition) is 1. The Kier molecular flexibility index (Phi) is 4.15. The predicted molar refractivity (Wildman–Crippen MR) is 63.2 cm³/mol. The zero-order valence-electron chi connectivity index (χ0n) is 9.25. The largest absolute Gasteiger partial charge is 0.349 e. The SMILES string of the molecule is CC(C)[C@@H](C)NC(=O)c1cccc(Cl)c1. The third-order valence-electron chi connectivity index (χ3n) is 2.45. The quantitative estimate of drug-likeness (QED) is 0.842. The van der Waals surface area contributed by atoms with Gasteiger partial charge in [0.2, 0.25) is 0 Å². The van der Waals surface area contributed by atoms with Gasteiger partial charge in [0.05, 0.1) is 0 Å². The first-order valence-electron chi connectivity index (χ1n) is 5.07. The van der Waals surface area contributed by atoms with E-state index in [2.05, 4.69) is 19.2 Å². The third kappa shape index (κ3) is 3.56. The van der Waals surface area contributed by atoms with E-state index in [1.165, 1.54) is 0 Å². The van der Waals surface area contributed by atoms with E-state index in [9.17, 15) is 4.79 Å². The van der Waals surface area contributed by atoms with Crippen LogP contribution in [-0.4, -0.2) is 11.9 Å². The third-order valence-corrected chi connectivity index (χ3v) is 2.68. The molecule has 82 valence electrons. The summed E-state index contributed by atoms with van der Waals surface area (Å²) in [7, 11) is 0. The Morgan fingerprint density at radius 3 is 2.53 bits per heavy atom. The average Bonchev–Trinajstić information content (AvgIpc) is 2.17. The van der Waals surface area contributed by atoms with Crippen LogP contribution in [0.5, 0.6) is 0 Å². The van der Waals surface area contributed by atoms with Gasteiger partial charge in [-0.1, -0.05) is 31.5 Å². The Hall–Kier alpha value is -1.02. The van der Waals surface area contributed by atoms with Crippen molar-refractivity contribution in [2.45, 2.75) is 26.8 Å². The Labute approximate surface area is 95.6 Å². The van der Waals surface area contributed by atoms with E-state index in [1.807, 2.05) is 6.92 Å². The molecule has 1 N–H and O–H groups in total. The van der Waals surface area contributed by atoms with Crippen LogP contribution in [0.1, 0.15) is 31.1 Å². The molecule has 0 saturated carbocycles. The molecule has 15 heavy (non-hydrogen) atoms. The van der Waals surface area contributed by atoms with Gasteiger partial charge < -0.3 is 5.32 Å². The van der Waals surface area contributed by atoms with Crippen molar-refractivity contribution in [1.82, 2.24) is 5.32 Å². The summed E-state index contributed by atoms with van der Waals surface area (Å²) in [4.78, 5) is 11.7. The van der Waals surface area contributed by atoms with Crippen LogP contribution in [0.4, 0.5) is 0 Å². The van der Waals surface area contributed by atoms with E-state index < -0.39 is 0 Å². The molecule has 0 aliphatic rings. The molecule has 0 radical (unpaired) electrons. The topological polar surface area (TPSA) is 29.1 Å². The second-order valence-corrected chi connectivity index (χ2v) is 4.45. The van der Waals surface area contributed by atoms with Crippen molar-refractivity contribution in [3.63, 3.8) is 0 Å². The van der Waals surface area contributed by atoms with E-state index in [1.54, 1.807) is 24.3 Å².